The molecule has 0 radical (unpaired) electrons. The quantitative estimate of drug-likeness (QED) is 0.355. The average Bonchev–Trinajstić information content (AvgIpc) is 3.40. The van der Waals surface area contributed by atoms with Crippen molar-refractivity contribution in [1.82, 2.24) is 25.4 Å². The molecule has 3 aromatic rings. The maximum absolute atomic E-state index is 13.9. The number of hydrogen-bond acceptors (Lipinski definition) is 4. The van der Waals surface area contributed by atoms with Gasteiger partial charge in [-0.3, -0.25) is 19.2 Å². The number of aryl methyl sites for hydroxylation is 2. The highest BCUT2D eigenvalue weighted by molar-refractivity contribution is 5.98. The molecule has 1 aliphatic carbocycles. The predicted molar refractivity (Wildman–Crippen MR) is 166 cm³/mol. The Morgan fingerprint density at radius 2 is 1.74 bits per heavy atom. The molecule has 5 rings (SSSR count). The van der Waals surface area contributed by atoms with E-state index >= 15 is 0 Å². The van der Waals surface area contributed by atoms with E-state index in [1.807, 2.05) is 30.5 Å². The monoisotopic (exact) mass is 585 g/mol. The third-order valence-corrected chi connectivity index (χ3v) is 9.20. The summed E-state index contributed by atoms with van der Waals surface area (Å²) in [6.45, 7) is 6.18. The third-order valence-electron chi connectivity index (χ3n) is 9.20. The molecular formula is C34H43N5O4. The van der Waals surface area contributed by atoms with Crippen LogP contribution in [0.1, 0.15) is 59.9 Å². The first-order valence-electron chi connectivity index (χ1n) is 15.3. The second-order valence-corrected chi connectivity index (χ2v) is 12.4. The lowest BCUT2D eigenvalue weighted by atomic mass is 9.82. The van der Waals surface area contributed by atoms with Crippen molar-refractivity contribution in [2.45, 2.75) is 77.9 Å². The van der Waals surface area contributed by atoms with Crippen LogP contribution in [-0.4, -0.2) is 70.6 Å². The zero-order valence-electron chi connectivity index (χ0n) is 25.7. The van der Waals surface area contributed by atoms with E-state index in [2.05, 4.69) is 48.5 Å². The van der Waals surface area contributed by atoms with Gasteiger partial charge in [-0.25, -0.2) is 0 Å². The molecular weight excluding hydrogens is 542 g/mol. The first kappa shape index (κ1) is 30.3. The molecule has 0 bridgehead atoms. The number of carbonyl (C=O) groups excluding carboxylic acids is 4. The molecule has 2 aromatic carbocycles. The molecule has 9 nitrogen and oxygen atoms in total. The van der Waals surface area contributed by atoms with Crippen LogP contribution in [-0.2, 0) is 32.1 Å². The van der Waals surface area contributed by atoms with Gasteiger partial charge in [0.05, 0.1) is 0 Å². The zero-order valence-corrected chi connectivity index (χ0v) is 25.7. The fraction of sp³-hybridized carbons (Fsp3) is 0.471. The van der Waals surface area contributed by atoms with Crippen molar-refractivity contribution in [3.05, 3.63) is 70.4 Å². The Labute approximate surface area is 253 Å². The van der Waals surface area contributed by atoms with E-state index in [1.54, 1.807) is 11.9 Å². The van der Waals surface area contributed by atoms with E-state index in [0.29, 0.717) is 6.54 Å². The summed E-state index contributed by atoms with van der Waals surface area (Å²) < 4.78 is 0. The SMILES string of the molecule is Cc1cc(CN(C)C(=O)C(Cc2c[nH]c3ccccc23)NC(=O)CN2CC(=O)NC(C3CCCCC3)C2=O)cc(C)c1C. The molecule has 9 heteroatoms. The smallest absolute Gasteiger partial charge is 0.246 e. The minimum atomic E-state index is -0.854. The number of benzene rings is 2. The third kappa shape index (κ3) is 6.92. The van der Waals surface area contributed by atoms with Crippen LogP contribution in [0.2, 0.25) is 0 Å². The lowest BCUT2D eigenvalue weighted by Gasteiger charge is -2.37. The number of aromatic nitrogens is 1. The van der Waals surface area contributed by atoms with E-state index in [1.165, 1.54) is 21.6 Å². The lowest BCUT2D eigenvalue weighted by Crippen LogP contribution is -2.62. The van der Waals surface area contributed by atoms with Crippen LogP contribution in [0.4, 0.5) is 0 Å². The minimum Gasteiger partial charge on any atom is -0.361 e. The number of H-pyrrole nitrogens is 1. The van der Waals surface area contributed by atoms with Gasteiger partial charge in [0.15, 0.2) is 0 Å². The van der Waals surface area contributed by atoms with Gasteiger partial charge in [0.25, 0.3) is 0 Å². The van der Waals surface area contributed by atoms with E-state index < -0.39 is 18.0 Å². The highest BCUT2D eigenvalue weighted by Crippen LogP contribution is 2.28. The van der Waals surface area contributed by atoms with Crippen molar-refractivity contribution in [2.75, 3.05) is 20.1 Å². The molecule has 2 unspecified atom stereocenters. The topological polar surface area (TPSA) is 115 Å². The van der Waals surface area contributed by atoms with Crippen molar-refractivity contribution in [1.29, 1.82) is 0 Å². The molecule has 2 heterocycles. The normalized spacial score (nSPS) is 18.4. The van der Waals surface area contributed by atoms with Gasteiger partial charge in [-0.05, 0) is 73.4 Å². The maximum Gasteiger partial charge on any atom is 0.246 e. The summed E-state index contributed by atoms with van der Waals surface area (Å²) in [7, 11) is 1.74. The van der Waals surface area contributed by atoms with Crippen molar-refractivity contribution < 1.29 is 19.2 Å². The van der Waals surface area contributed by atoms with Crippen molar-refractivity contribution in [3.8, 4) is 0 Å². The van der Waals surface area contributed by atoms with Crippen LogP contribution < -0.4 is 10.6 Å². The van der Waals surface area contributed by atoms with E-state index in [9.17, 15) is 19.2 Å². The van der Waals surface area contributed by atoms with Crippen molar-refractivity contribution >= 4 is 34.5 Å². The predicted octanol–water partition coefficient (Wildman–Crippen LogP) is 3.69. The molecule has 1 aromatic heterocycles. The minimum absolute atomic E-state index is 0.0926. The Morgan fingerprint density at radius 3 is 2.47 bits per heavy atom. The standard InChI is InChI=1S/C34H43N5O4/c1-21-14-24(15-22(2)23(21)3)18-38(4)33(42)29(16-26-17-35-28-13-9-8-12-27(26)28)36-30(40)19-39-20-31(41)37-32(34(39)43)25-10-6-5-7-11-25/h8-9,12-15,17,25,29,32,35H,5-7,10-11,16,18-20H2,1-4H3,(H,36,40)(H,37,41). The van der Waals surface area contributed by atoms with Gasteiger partial charge in [-0.2, -0.15) is 0 Å². The summed E-state index contributed by atoms with van der Waals surface area (Å²) >= 11 is 0. The van der Waals surface area contributed by atoms with Crippen molar-refractivity contribution in [3.63, 3.8) is 0 Å². The summed E-state index contributed by atoms with van der Waals surface area (Å²) in [5.74, 6) is -1.06. The molecule has 3 N–H and O–H groups in total. The van der Waals surface area contributed by atoms with Gasteiger partial charge < -0.3 is 25.4 Å². The fourth-order valence-corrected chi connectivity index (χ4v) is 6.62. The number of nitrogens with zero attached hydrogens (tertiary/aromatic N) is 2. The van der Waals surface area contributed by atoms with Gasteiger partial charge in [-0.1, -0.05) is 49.6 Å². The molecule has 1 saturated carbocycles. The van der Waals surface area contributed by atoms with Crippen LogP contribution >= 0.6 is 0 Å². The highest BCUT2D eigenvalue weighted by Gasteiger charge is 2.39. The molecule has 43 heavy (non-hydrogen) atoms. The Kier molecular flexibility index (Phi) is 9.18. The molecule has 2 fully saturated rings. The van der Waals surface area contributed by atoms with Crippen LogP contribution in [0.3, 0.4) is 0 Å². The zero-order chi connectivity index (χ0) is 30.7. The number of rotatable bonds is 9. The van der Waals surface area contributed by atoms with Gasteiger partial charge >= 0.3 is 0 Å². The summed E-state index contributed by atoms with van der Waals surface area (Å²) in [5, 5.41) is 6.78. The second-order valence-electron chi connectivity index (χ2n) is 12.4. The van der Waals surface area contributed by atoms with Gasteiger partial charge in [-0.15, -0.1) is 0 Å². The molecule has 2 aliphatic rings. The first-order chi connectivity index (χ1) is 20.6. The van der Waals surface area contributed by atoms with Gasteiger partial charge in [0, 0.05) is 37.1 Å². The van der Waals surface area contributed by atoms with Crippen molar-refractivity contribution in [2.24, 2.45) is 5.92 Å². The van der Waals surface area contributed by atoms with E-state index in [0.717, 1.165) is 54.1 Å². The summed E-state index contributed by atoms with van der Waals surface area (Å²) in [4.78, 5) is 59.5. The molecule has 1 saturated heterocycles. The van der Waals surface area contributed by atoms with Crippen LogP contribution in [0.15, 0.2) is 42.6 Å². The van der Waals surface area contributed by atoms with Crippen LogP contribution in [0.5, 0.6) is 0 Å². The Balaban J connectivity index is 1.33. The van der Waals surface area contributed by atoms with E-state index in [4.69, 9.17) is 0 Å². The lowest BCUT2D eigenvalue weighted by molar-refractivity contribution is -0.148. The Bertz CT molecular complexity index is 1500. The molecule has 228 valence electrons. The summed E-state index contributed by atoms with van der Waals surface area (Å²) in [6, 6.07) is 10.6. The number of amides is 4. The van der Waals surface area contributed by atoms with E-state index in [-0.39, 0.29) is 43.1 Å². The number of fused-ring (bicyclic) bond motifs is 1. The Hall–Kier alpha value is -4.14. The van der Waals surface area contributed by atoms with Crippen LogP contribution in [0.25, 0.3) is 10.9 Å². The fourth-order valence-electron chi connectivity index (χ4n) is 6.62. The first-order valence-corrected chi connectivity index (χ1v) is 15.3. The van der Waals surface area contributed by atoms with Crippen LogP contribution in [0, 0.1) is 26.7 Å². The molecule has 1 aliphatic heterocycles. The molecule has 2 atom stereocenters. The number of likely N-dealkylation sites (N-methyl/N-ethyl adjacent to an activating group) is 1. The number of carbonyl (C=O) groups is 4. The number of hydrogen-bond donors (Lipinski definition) is 3. The summed E-state index contributed by atoms with van der Waals surface area (Å²) in [6.07, 6.45) is 7.16. The Morgan fingerprint density at radius 1 is 1.05 bits per heavy atom. The maximum atomic E-state index is 13.9. The number of aromatic amines is 1. The molecule has 4 amide bonds. The average molecular weight is 586 g/mol. The largest absolute Gasteiger partial charge is 0.361 e. The summed E-state index contributed by atoms with van der Waals surface area (Å²) in [5.41, 5.74) is 6.45. The highest BCUT2D eigenvalue weighted by atomic mass is 16.2. The number of piperazine rings is 1. The molecule has 0 spiro atoms. The second kappa shape index (κ2) is 13.0. The number of nitrogens with one attached hydrogen (secondary N) is 3. The van der Waals surface area contributed by atoms with Gasteiger partial charge in [0.1, 0.15) is 25.2 Å². The van der Waals surface area contributed by atoms with Gasteiger partial charge in [0.2, 0.25) is 23.6 Å². The number of para-hydroxylation sites is 1.